The quantitative estimate of drug-likeness (QED) is 0.524. The Kier molecular flexibility index (Phi) is 6.66. The van der Waals surface area contributed by atoms with E-state index in [1.807, 2.05) is 6.92 Å². The number of thioether (sulfide) groups is 1. The number of ketones is 3. The van der Waals surface area contributed by atoms with Gasteiger partial charge in [-0.15, -0.1) is 11.8 Å². The predicted molar refractivity (Wildman–Crippen MR) is 92.9 cm³/mol. The van der Waals surface area contributed by atoms with Crippen molar-refractivity contribution in [2.75, 3.05) is 0 Å². The Morgan fingerprint density at radius 2 is 1.69 bits per heavy atom. The van der Waals surface area contributed by atoms with Crippen molar-refractivity contribution in [2.45, 2.75) is 55.9 Å². The number of carbonyl (C=O) groups excluding carboxylic acids is 3. The van der Waals surface area contributed by atoms with Gasteiger partial charge in [0, 0.05) is 29.4 Å². The average Bonchev–Trinajstić information content (AvgIpc) is 2.53. The van der Waals surface area contributed by atoms with Gasteiger partial charge in [0.15, 0.2) is 17.3 Å². The zero-order valence-electron chi connectivity index (χ0n) is 14.6. The van der Waals surface area contributed by atoms with Gasteiger partial charge >= 0.3 is 6.18 Å². The second kappa shape index (κ2) is 8.37. The van der Waals surface area contributed by atoms with Gasteiger partial charge in [-0.2, -0.15) is 13.2 Å². The largest absolute Gasteiger partial charge is 0.416 e. The van der Waals surface area contributed by atoms with E-state index in [1.54, 1.807) is 6.92 Å². The van der Waals surface area contributed by atoms with Crippen LogP contribution in [-0.2, 0) is 20.6 Å². The third-order valence-corrected chi connectivity index (χ3v) is 5.62. The zero-order valence-corrected chi connectivity index (χ0v) is 15.5. The minimum Gasteiger partial charge on any atom is -0.298 e. The summed E-state index contributed by atoms with van der Waals surface area (Å²) in [6.07, 6.45) is -3.17. The molecule has 0 aliphatic heterocycles. The molecule has 0 aromatic heterocycles. The molecule has 2 rings (SSSR count). The minimum atomic E-state index is -4.36. The number of rotatable bonds is 6. The van der Waals surface area contributed by atoms with E-state index < -0.39 is 17.7 Å². The van der Waals surface area contributed by atoms with Crippen LogP contribution in [0.3, 0.4) is 0 Å². The minimum absolute atomic E-state index is 0.0377. The number of hydrogen-bond acceptors (Lipinski definition) is 4. The van der Waals surface area contributed by atoms with Gasteiger partial charge in [0.2, 0.25) is 0 Å². The molecule has 0 bridgehead atoms. The summed E-state index contributed by atoms with van der Waals surface area (Å²) in [5.41, 5.74) is -0.690. The molecule has 1 aliphatic rings. The molecule has 1 aliphatic carbocycles. The lowest BCUT2D eigenvalue weighted by atomic mass is 9.76. The molecule has 1 saturated carbocycles. The smallest absolute Gasteiger partial charge is 0.298 e. The first-order chi connectivity index (χ1) is 12.1. The number of benzene rings is 1. The molecule has 0 N–H and O–H groups in total. The Bertz CT molecular complexity index is 664. The van der Waals surface area contributed by atoms with Crippen molar-refractivity contribution in [3.05, 3.63) is 29.8 Å². The zero-order chi connectivity index (χ0) is 19.5. The summed E-state index contributed by atoms with van der Waals surface area (Å²) in [7, 11) is 0. The highest BCUT2D eigenvalue weighted by atomic mass is 32.2. The lowest BCUT2D eigenvalue weighted by molar-refractivity contribution is -0.143. The second-order valence-electron chi connectivity index (χ2n) is 6.65. The van der Waals surface area contributed by atoms with Gasteiger partial charge in [-0.1, -0.05) is 13.8 Å². The standard InChI is InChI=1S/C19H21F3O3S/c1-3-15(23)18-16(24)9-12(10-17(18)25)8-11(2)26-14-6-4-13(5-7-14)19(20,21)22/h4-7,11-12,18H,3,8-10H2,1-2H3. The Morgan fingerprint density at radius 1 is 1.15 bits per heavy atom. The van der Waals surface area contributed by atoms with Gasteiger partial charge < -0.3 is 0 Å². The van der Waals surface area contributed by atoms with Crippen molar-refractivity contribution in [1.82, 2.24) is 0 Å². The summed E-state index contributed by atoms with van der Waals surface area (Å²) < 4.78 is 37.8. The van der Waals surface area contributed by atoms with Gasteiger partial charge in [-0.3, -0.25) is 14.4 Å². The van der Waals surface area contributed by atoms with Crippen LogP contribution in [0, 0.1) is 11.8 Å². The molecule has 1 aromatic carbocycles. The molecule has 0 amide bonds. The van der Waals surface area contributed by atoms with Gasteiger partial charge in [0.1, 0.15) is 5.92 Å². The summed E-state index contributed by atoms with van der Waals surface area (Å²) in [5.74, 6) is -2.12. The number of halogens is 3. The van der Waals surface area contributed by atoms with Crippen molar-refractivity contribution in [2.24, 2.45) is 11.8 Å². The average molecular weight is 386 g/mol. The first kappa shape index (κ1) is 20.7. The fourth-order valence-electron chi connectivity index (χ4n) is 3.26. The summed E-state index contributed by atoms with van der Waals surface area (Å²) >= 11 is 1.41. The maximum absolute atomic E-state index is 12.6. The molecule has 142 valence electrons. The van der Waals surface area contributed by atoms with Crippen LogP contribution in [0.25, 0.3) is 0 Å². The monoisotopic (exact) mass is 386 g/mol. The van der Waals surface area contributed by atoms with E-state index in [0.29, 0.717) is 11.3 Å². The molecular weight excluding hydrogens is 365 g/mol. The van der Waals surface area contributed by atoms with Crippen molar-refractivity contribution in [1.29, 1.82) is 0 Å². The van der Waals surface area contributed by atoms with E-state index in [9.17, 15) is 27.6 Å². The van der Waals surface area contributed by atoms with Crippen LogP contribution < -0.4 is 0 Å². The highest BCUT2D eigenvalue weighted by Crippen LogP contribution is 2.35. The van der Waals surface area contributed by atoms with E-state index in [-0.39, 0.29) is 47.8 Å². The summed E-state index contributed by atoms with van der Waals surface area (Å²) in [6.45, 7) is 3.55. The Balaban J connectivity index is 1.92. The molecule has 1 fully saturated rings. The van der Waals surface area contributed by atoms with Crippen LogP contribution in [0.1, 0.15) is 45.1 Å². The lowest BCUT2D eigenvalue weighted by Crippen LogP contribution is -2.39. The molecule has 1 aromatic rings. The molecule has 26 heavy (non-hydrogen) atoms. The van der Waals surface area contributed by atoms with E-state index in [0.717, 1.165) is 12.1 Å². The number of Topliss-reactive ketones (excluding diaryl/α,β-unsaturated/α-hetero) is 3. The van der Waals surface area contributed by atoms with Crippen molar-refractivity contribution in [3.8, 4) is 0 Å². The van der Waals surface area contributed by atoms with Gasteiger partial charge in [-0.05, 0) is 36.6 Å². The van der Waals surface area contributed by atoms with E-state index in [2.05, 4.69) is 0 Å². The fraction of sp³-hybridized carbons (Fsp3) is 0.526. The molecule has 0 radical (unpaired) electrons. The van der Waals surface area contributed by atoms with Crippen molar-refractivity contribution in [3.63, 3.8) is 0 Å². The highest BCUT2D eigenvalue weighted by molar-refractivity contribution is 7.99. The Hall–Kier alpha value is -1.63. The molecule has 0 spiro atoms. The summed E-state index contributed by atoms with van der Waals surface area (Å²) in [4.78, 5) is 36.7. The molecule has 7 heteroatoms. The highest BCUT2D eigenvalue weighted by Gasteiger charge is 2.39. The van der Waals surface area contributed by atoms with Gasteiger partial charge in [-0.25, -0.2) is 0 Å². The maximum atomic E-state index is 12.6. The molecule has 0 saturated heterocycles. The van der Waals surface area contributed by atoms with Crippen molar-refractivity contribution >= 4 is 29.1 Å². The predicted octanol–water partition coefficient (Wildman–Crippen LogP) is 4.72. The Labute approximate surface area is 154 Å². The van der Waals surface area contributed by atoms with Gasteiger partial charge in [0.05, 0.1) is 5.56 Å². The summed E-state index contributed by atoms with van der Waals surface area (Å²) in [6, 6.07) is 4.95. The molecule has 3 nitrogen and oxygen atoms in total. The normalized spacial score (nSPS) is 22.3. The van der Waals surface area contributed by atoms with Crippen LogP contribution in [0.5, 0.6) is 0 Å². The van der Waals surface area contributed by atoms with Crippen LogP contribution in [0.4, 0.5) is 13.2 Å². The fourth-order valence-corrected chi connectivity index (χ4v) is 4.38. The summed E-state index contributed by atoms with van der Waals surface area (Å²) in [5, 5.41) is 0.0377. The molecule has 1 unspecified atom stereocenters. The maximum Gasteiger partial charge on any atom is 0.416 e. The van der Waals surface area contributed by atoms with E-state index in [1.165, 1.54) is 23.9 Å². The third kappa shape index (κ3) is 5.19. The Morgan fingerprint density at radius 3 is 2.15 bits per heavy atom. The number of hydrogen-bond donors (Lipinski definition) is 0. The van der Waals surface area contributed by atoms with E-state index in [4.69, 9.17) is 0 Å². The van der Waals surface area contributed by atoms with Crippen LogP contribution in [0.15, 0.2) is 29.2 Å². The topological polar surface area (TPSA) is 51.2 Å². The molecule has 0 heterocycles. The lowest BCUT2D eigenvalue weighted by Gasteiger charge is -2.27. The second-order valence-corrected chi connectivity index (χ2v) is 8.16. The number of carbonyl (C=O) groups is 3. The van der Waals surface area contributed by atoms with Crippen LogP contribution in [0.2, 0.25) is 0 Å². The van der Waals surface area contributed by atoms with Gasteiger partial charge in [0.25, 0.3) is 0 Å². The van der Waals surface area contributed by atoms with E-state index >= 15 is 0 Å². The first-order valence-electron chi connectivity index (χ1n) is 8.53. The molecule has 1 atom stereocenters. The SMILES string of the molecule is CCC(=O)C1C(=O)CC(CC(C)Sc2ccc(C(F)(F)F)cc2)CC1=O. The van der Waals surface area contributed by atoms with Crippen LogP contribution in [-0.4, -0.2) is 22.6 Å². The van der Waals surface area contributed by atoms with Crippen LogP contribution >= 0.6 is 11.8 Å². The third-order valence-electron chi connectivity index (χ3n) is 4.48. The van der Waals surface area contributed by atoms with Crippen molar-refractivity contribution < 1.29 is 27.6 Å². The molecular formula is C19H21F3O3S. The number of alkyl halides is 3. The first-order valence-corrected chi connectivity index (χ1v) is 9.41.